The van der Waals surface area contributed by atoms with Crippen LogP contribution in [0.2, 0.25) is 0 Å². The second-order valence-electron chi connectivity index (χ2n) is 6.94. The molecule has 0 aliphatic heterocycles. The highest BCUT2D eigenvalue weighted by molar-refractivity contribution is 5.91. The van der Waals surface area contributed by atoms with E-state index in [2.05, 4.69) is 13.8 Å². The number of carbonyl (C=O) groups excluding carboxylic acids is 1. The normalized spacial score (nSPS) is 22.1. The van der Waals surface area contributed by atoms with Gasteiger partial charge in [-0.1, -0.05) is 58.6 Å². The van der Waals surface area contributed by atoms with Crippen LogP contribution in [-0.2, 0) is 9.53 Å². The highest BCUT2D eigenvalue weighted by atomic mass is 16.5. The van der Waals surface area contributed by atoms with Crippen LogP contribution in [0, 0.1) is 11.8 Å². The van der Waals surface area contributed by atoms with E-state index in [0.717, 1.165) is 25.2 Å². The number of carbonyl (C=O) groups is 1. The molecule has 4 nitrogen and oxygen atoms in total. The van der Waals surface area contributed by atoms with Crippen molar-refractivity contribution in [2.24, 2.45) is 11.8 Å². The molecule has 3 atom stereocenters. The van der Waals surface area contributed by atoms with Crippen molar-refractivity contribution in [3.63, 3.8) is 0 Å². The van der Waals surface area contributed by atoms with E-state index in [1.165, 1.54) is 12.8 Å². The Morgan fingerprint density at radius 2 is 1.91 bits per heavy atom. The molecule has 0 spiro atoms. The van der Waals surface area contributed by atoms with Crippen LogP contribution in [0.3, 0.4) is 0 Å². The van der Waals surface area contributed by atoms with Crippen LogP contribution >= 0.6 is 0 Å². The Hall–Kier alpha value is -1.13. The summed E-state index contributed by atoms with van der Waals surface area (Å²) in [4.78, 5) is 11.9. The predicted octanol–water partition coefficient (Wildman–Crippen LogP) is 3.38. The molecule has 0 bridgehead atoms. The van der Waals surface area contributed by atoms with Gasteiger partial charge in [0.25, 0.3) is 0 Å². The van der Waals surface area contributed by atoms with E-state index in [1.807, 2.05) is 6.92 Å². The highest BCUT2D eigenvalue weighted by Crippen LogP contribution is 2.18. The first-order chi connectivity index (χ1) is 10.9. The van der Waals surface area contributed by atoms with E-state index < -0.39 is 12.2 Å². The number of hydrogen-bond donors (Lipinski definition) is 2. The maximum absolute atomic E-state index is 11.9. The minimum Gasteiger partial charge on any atom is -0.462 e. The minimum absolute atomic E-state index is 0.0843. The number of esters is 1. The van der Waals surface area contributed by atoms with Gasteiger partial charge in [-0.3, -0.25) is 0 Å². The van der Waals surface area contributed by atoms with Crippen molar-refractivity contribution in [3.8, 4) is 0 Å². The monoisotopic (exact) mass is 324 g/mol. The van der Waals surface area contributed by atoms with Gasteiger partial charge in [0.2, 0.25) is 0 Å². The zero-order chi connectivity index (χ0) is 17.2. The Morgan fingerprint density at radius 3 is 2.57 bits per heavy atom. The van der Waals surface area contributed by atoms with Crippen LogP contribution in [0.25, 0.3) is 0 Å². The highest BCUT2D eigenvalue weighted by Gasteiger charge is 2.18. The van der Waals surface area contributed by atoms with Crippen molar-refractivity contribution in [1.29, 1.82) is 0 Å². The van der Waals surface area contributed by atoms with Crippen LogP contribution < -0.4 is 0 Å². The van der Waals surface area contributed by atoms with Crippen molar-refractivity contribution in [2.75, 3.05) is 6.61 Å². The molecule has 132 valence electrons. The van der Waals surface area contributed by atoms with E-state index >= 15 is 0 Å². The molecule has 0 saturated heterocycles. The summed E-state index contributed by atoms with van der Waals surface area (Å²) >= 11 is 0. The molecular weight excluding hydrogens is 292 g/mol. The van der Waals surface area contributed by atoms with Gasteiger partial charge in [-0.15, -0.1) is 0 Å². The van der Waals surface area contributed by atoms with E-state index in [1.54, 1.807) is 18.2 Å². The van der Waals surface area contributed by atoms with Crippen molar-refractivity contribution in [3.05, 3.63) is 23.8 Å². The largest absolute Gasteiger partial charge is 0.462 e. The van der Waals surface area contributed by atoms with Gasteiger partial charge in [0.05, 0.1) is 24.4 Å². The summed E-state index contributed by atoms with van der Waals surface area (Å²) in [5, 5.41) is 19.5. The van der Waals surface area contributed by atoms with Crippen molar-refractivity contribution >= 4 is 5.97 Å². The lowest BCUT2D eigenvalue weighted by Gasteiger charge is -2.17. The molecule has 0 radical (unpaired) electrons. The molecule has 2 unspecified atom stereocenters. The van der Waals surface area contributed by atoms with Crippen molar-refractivity contribution < 1.29 is 19.7 Å². The second kappa shape index (κ2) is 10.6. The van der Waals surface area contributed by atoms with Gasteiger partial charge in [-0.05, 0) is 18.4 Å². The fraction of sp³-hybridized carbons (Fsp3) is 0.737. The average molecular weight is 324 g/mol. The maximum Gasteiger partial charge on any atom is 0.337 e. The summed E-state index contributed by atoms with van der Waals surface area (Å²) in [6.07, 6.45) is 9.84. The lowest BCUT2D eigenvalue weighted by molar-refractivity contribution is -0.139. The Kier molecular flexibility index (Phi) is 9.19. The van der Waals surface area contributed by atoms with Crippen LogP contribution in [0.5, 0.6) is 0 Å². The molecule has 2 N–H and O–H groups in total. The van der Waals surface area contributed by atoms with Gasteiger partial charge in [0.15, 0.2) is 0 Å². The summed E-state index contributed by atoms with van der Waals surface area (Å²) in [7, 11) is 0. The van der Waals surface area contributed by atoms with Crippen LogP contribution in [0.15, 0.2) is 23.8 Å². The lowest BCUT2D eigenvalue weighted by Crippen LogP contribution is -2.20. The van der Waals surface area contributed by atoms with Crippen molar-refractivity contribution in [2.45, 2.75) is 71.5 Å². The third kappa shape index (κ3) is 8.33. The van der Waals surface area contributed by atoms with Gasteiger partial charge in [0, 0.05) is 12.3 Å². The standard InChI is InChI=1S/C19H32O4/c1-14(2)7-5-4-6-8-17(20)11-12-23-19(22)16-9-10-18(21)15(3)13-16/h9-10,13-15,17-18,20-21H,4-8,11-12H2,1-3H3/t15-,17?,18?/m1/s1. The predicted molar refractivity (Wildman–Crippen MR) is 91.9 cm³/mol. The molecular formula is C19H32O4. The summed E-state index contributed by atoms with van der Waals surface area (Å²) in [5.41, 5.74) is 0.478. The Morgan fingerprint density at radius 1 is 1.22 bits per heavy atom. The third-order valence-electron chi connectivity index (χ3n) is 4.19. The van der Waals surface area contributed by atoms with E-state index in [0.29, 0.717) is 12.0 Å². The summed E-state index contributed by atoms with van der Waals surface area (Å²) in [6, 6.07) is 0. The van der Waals surface area contributed by atoms with E-state index in [4.69, 9.17) is 4.74 Å². The van der Waals surface area contributed by atoms with Gasteiger partial charge in [-0.25, -0.2) is 4.79 Å². The van der Waals surface area contributed by atoms with Crippen molar-refractivity contribution in [1.82, 2.24) is 0 Å². The van der Waals surface area contributed by atoms with Gasteiger partial charge in [-0.2, -0.15) is 0 Å². The molecule has 0 amide bonds. The lowest BCUT2D eigenvalue weighted by atomic mass is 9.95. The molecule has 0 fully saturated rings. The number of aliphatic hydroxyl groups excluding tert-OH is 2. The number of hydrogen-bond acceptors (Lipinski definition) is 4. The number of unbranched alkanes of at least 4 members (excludes halogenated alkanes) is 2. The topological polar surface area (TPSA) is 66.8 Å². The van der Waals surface area contributed by atoms with Crippen LogP contribution in [0.1, 0.15) is 59.3 Å². The van der Waals surface area contributed by atoms with Gasteiger partial charge >= 0.3 is 5.97 Å². The van der Waals surface area contributed by atoms with Gasteiger partial charge in [0.1, 0.15) is 0 Å². The molecule has 1 aliphatic rings. The summed E-state index contributed by atoms with van der Waals surface area (Å²) < 4.78 is 5.19. The maximum atomic E-state index is 11.9. The quantitative estimate of drug-likeness (QED) is 0.477. The molecule has 0 aromatic heterocycles. The van der Waals surface area contributed by atoms with Crippen LogP contribution in [-0.4, -0.2) is 35.0 Å². The van der Waals surface area contributed by atoms with Crippen LogP contribution in [0.4, 0.5) is 0 Å². The smallest absolute Gasteiger partial charge is 0.337 e. The molecule has 0 saturated carbocycles. The summed E-state index contributed by atoms with van der Waals surface area (Å²) in [6.45, 7) is 6.53. The molecule has 0 heterocycles. The fourth-order valence-electron chi connectivity index (χ4n) is 2.58. The molecule has 4 heteroatoms. The second-order valence-corrected chi connectivity index (χ2v) is 6.94. The zero-order valence-corrected chi connectivity index (χ0v) is 14.7. The molecule has 1 aliphatic carbocycles. The summed E-state index contributed by atoms with van der Waals surface area (Å²) in [5.74, 6) is 0.273. The SMILES string of the molecule is CC(C)CCCCCC(O)CCOC(=O)C1=C[C@@H](C)C(O)C=C1. The first-order valence-electron chi connectivity index (χ1n) is 8.83. The van der Waals surface area contributed by atoms with E-state index in [9.17, 15) is 15.0 Å². The Labute approximate surface area is 140 Å². The zero-order valence-electron chi connectivity index (χ0n) is 14.7. The first-order valence-corrected chi connectivity index (χ1v) is 8.83. The molecule has 1 rings (SSSR count). The third-order valence-corrected chi connectivity index (χ3v) is 4.19. The Balaban J connectivity index is 2.13. The first kappa shape index (κ1) is 19.9. The molecule has 23 heavy (non-hydrogen) atoms. The average Bonchev–Trinajstić information content (AvgIpc) is 2.49. The number of ether oxygens (including phenoxy) is 1. The molecule has 0 aromatic rings. The number of rotatable bonds is 10. The van der Waals surface area contributed by atoms with Gasteiger partial charge < -0.3 is 14.9 Å². The number of aliphatic hydroxyl groups is 2. The minimum atomic E-state index is -0.538. The molecule has 0 aromatic carbocycles. The Bertz CT molecular complexity index is 412. The fourth-order valence-corrected chi connectivity index (χ4v) is 2.58. The van der Waals surface area contributed by atoms with E-state index in [-0.39, 0.29) is 18.5 Å².